The smallest absolute Gasteiger partial charge is 0.292 e. The summed E-state index contributed by atoms with van der Waals surface area (Å²) in [5.74, 6) is -0.579. The fourth-order valence-corrected chi connectivity index (χ4v) is 1.86. The average molecular weight is 332 g/mol. The van der Waals surface area contributed by atoms with E-state index in [2.05, 4.69) is 15.8 Å². The SMILES string of the molecule is O=[N+]([O-])c1ccccc1NC(=S)N/N=C/c1cccc(O)c1O. The number of phenolic OH excluding ortho intramolecular Hbond substituents is 2. The van der Waals surface area contributed by atoms with Gasteiger partial charge in [0.25, 0.3) is 5.69 Å². The van der Waals surface area contributed by atoms with Gasteiger partial charge in [0.1, 0.15) is 5.69 Å². The fourth-order valence-electron chi connectivity index (χ4n) is 1.70. The van der Waals surface area contributed by atoms with Crippen LogP contribution in [0.25, 0.3) is 0 Å². The molecule has 0 spiro atoms. The zero-order valence-electron chi connectivity index (χ0n) is 11.6. The molecule has 118 valence electrons. The van der Waals surface area contributed by atoms with Crippen LogP contribution in [0, 0.1) is 10.1 Å². The van der Waals surface area contributed by atoms with Gasteiger partial charge < -0.3 is 15.5 Å². The van der Waals surface area contributed by atoms with Gasteiger partial charge in [-0.1, -0.05) is 18.2 Å². The summed E-state index contributed by atoms with van der Waals surface area (Å²) >= 11 is 4.99. The molecule has 0 bridgehead atoms. The van der Waals surface area contributed by atoms with Crippen LogP contribution >= 0.6 is 12.2 Å². The van der Waals surface area contributed by atoms with E-state index in [0.717, 1.165) is 0 Å². The second-order valence-electron chi connectivity index (χ2n) is 4.31. The number of phenols is 2. The summed E-state index contributed by atoms with van der Waals surface area (Å²) in [7, 11) is 0. The van der Waals surface area contributed by atoms with Crippen molar-refractivity contribution in [2.24, 2.45) is 5.10 Å². The summed E-state index contributed by atoms with van der Waals surface area (Å²) < 4.78 is 0. The highest BCUT2D eigenvalue weighted by atomic mass is 32.1. The van der Waals surface area contributed by atoms with Crippen molar-refractivity contribution in [3.63, 3.8) is 0 Å². The maximum Gasteiger partial charge on any atom is 0.292 e. The molecule has 0 atom stereocenters. The van der Waals surface area contributed by atoms with Crippen LogP contribution in [0.3, 0.4) is 0 Å². The zero-order chi connectivity index (χ0) is 16.8. The normalized spacial score (nSPS) is 10.4. The lowest BCUT2D eigenvalue weighted by Gasteiger charge is -2.07. The molecule has 2 rings (SSSR count). The Labute approximate surface area is 136 Å². The minimum atomic E-state index is -0.529. The van der Waals surface area contributed by atoms with Crippen molar-refractivity contribution in [3.05, 3.63) is 58.1 Å². The standard InChI is InChI=1S/C14H12N4O4S/c19-12-7-3-4-9(13(12)20)8-15-17-14(23)16-10-5-1-2-6-11(10)18(21)22/h1-8,19-20H,(H2,16,17,23)/b15-8+. The van der Waals surface area contributed by atoms with E-state index >= 15 is 0 Å². The number of nitrogens with zero attached hydrogens (tertiary/aromatic N) is 2. The Morgan fingerprint density at radius 3 is 2.70 bits per heavy atom. The maximum absolute atomic E-state index is 10.9. The Hall–Kier alpha value is -3.20. The number of rotatable bonds is 4. The van der Waals surface area contributed by atoms with E-state index in [1.165, 1.54) is 24.4 Å². The Morgan fingerprint density at radius 1 is 1.22 bits per heavy atom. The highest BCUT2D eigenvalue weighted by Gasteiger charge is 2.12. The Kier molecular flexibility index (Phi) is 5.05. The van der Waals surface area contributed by atoms with Gasteiger partial charge in [0, 0.05) is 11.6 Å². The number of hydrogen-bond donors (Lipinski definition) is 4. The number of hydrazone groups is 1. The van der Waals surface area contributed by atoms with E-state index in [4.69, 9.17) is 12.2 Å². The van der Waals surface area contributed by atoms with Gasteiger partial charge in [0.15, 0.2) is 16.6 Å². The van der Waals surface area contributed by atoms with Gasteiger partial charge >= 0.3 is 0 Å². The number of thiocarbonyl (C=S) groups is 1. The molecule has 9 heteroatoms. The molecule has 0 saturated heterocycles. The number of benzene rings is 2. The van der Waals surface area contributed by atoms with Crippen molar-refractivity contribution in [2.45, 2.75) is 0 Å². The third-order valence-corrected chi connectivity index (χ3v) is 2.96. The monoisotopic (exact) mass is 332 g/mol. The molecule has 0 saturated carbocycles. The fraction of sp³-hybridized carbons (Fsp3) is 0. The minimum Gasteiger partial charge on any atom is -0.504 e. The average Bonchev–Trinajstić information content (AvgIpc) is 2.52. The minimum absolute atomic E-state index is 0.0372. The quantitative estimate of drug-likeness (QED) is 0.223. The van der Waals surface area contributed by atoms with Crippen molar-refractivity contribution >= 4 is 34.9 Å². The Bertz CT molecular complexity index is 779. The lowest BCUT2D eigenvalue weighted by Crippen LogP contribution is -2.24. The molecule has 0 aliphatic carbocycles. The van der Waals surface area contributed by atoms with Crippen LogP contribution in [0.2, 0.25) is 0 Å². The predicted molar refractivity (Wildman–Crippen MR) is 89.8 cm³/mol. The van der Waals surface area contributed by atoms with Gasteiger partial charge in [-0.3, -0.25) is 15.5 Å². The molecule has 0 aliphatic rings. The second kappa shape index (κ2) is 7.18. The molecule has 2 aromatic rings. The summed E-state index contributed by atoms with van der Waals surface area (Å²) in [4.78, 5) is 10.4. The van der Waals surface area contributed by atoms with Gasteiger partial charge in [-0.2, -0.15) is 5.10 Å². The van der Waals surface area contributed by atoms with Crippen molar-refractivity contribution in [1.82, 2.24) is 5.43 Å². The van der Waals surface area contributed by atoms with Crippen LogP contribution in [0.5, 0.6) is 11.5 Å². The first-order valence-electron chi connectivity index (χ1n) is 6.33. The molecule has 0 radical (unpaired) electrons. The summed E-state index contributed by atoms with van der Waals surface area (Å²) in [5, 5.41) is 36.3. The van der Waals surface area contributed by atoms with E-state index in [1.54, 1.807) is 24.3 Å². The molecule has 0 heterocycles. The first-order chi connectivity index (χ1) is 11.0. The summed E-state index contributed by atoms with van der Waals surface area (Å²) in [6.07, 6.45) is 1.25. The number of anilines is 1. The molecule has 4 N–H and O–H groups in total. The molecule has 0 amide bonds. The van der Waals surface area contributed by atoms with Crippen LogP contribution in [-0.2, 0) is 0 Å². The summed E-state index contributed by atoms with van der Waals surface area (Å²) in [5.41, 5.74) is 2.86. The second-order valence-corrected chi connectivity index (χ2v) is 4.72. The highest BCUT2D eigenvalue weighted by Crippen LogP contribution is 2.26. The molecule has 0 fully saturated rings. The Balaban J connectivity index is 2.02. The van der Waals surface area contributed by atoms with Gasteiger partial charge in [0.2, 0.25) is 0 Å². The van der Waals surface area contributed by atoms with Crippen LogP contribution < -0.4 is 10.7 Å². The zero-order valence-corrected chi connectivity index (χ0v) is 12.4. The number of nitro groups is 1. The van der Waals surface area contributed by atoms with Gasteiger partial charge in [-0.25, -0.2) is 0 Å². The molecule has 2 aromatic carbocycles. The van der Waals surface area contributed by atoms with Gasteiger partial charge in [-0.15, -0.1) is 0 Å². The van der Waals surface area contributed by atoms with Crippen LogP contribution in [0.1, 0.15) is 5.56 Å². The van der Waals surface area contributed by atoms with Crippen LogP contribution in [0.15, 0.2) is 47.6 Å². The summed E-state index contributed by atoms with van der Waals surface area (Å²) in [6.45, 7) is 0. The van der Waals surface area contributed by atoms with Crippen molar-refractivity contribution in [1.29, 1.82) is 0 Å². The Morgan fingerprint density at radius 2 is 1.96 bits per heavy atom. The van der Waals surface area contributed by atoms with Crippen LogP contribution in [-0.4, -0.2) is 26.5 Å². The van der Waals surface area contributed by atoms with Crippen molar-refractivity contribution in [2.75, 3.05) is 5.32 Å². The van der Waals surface area contributed by atoms with Crippen LogP contribution in [0.4, 0.5) is 11.4 Å². The van der Waals surface area contributed by atoms with Crippen molar-refractivity contribution < 1.29 is 15.1 Å². The first-order valence-corrected chi connectivity index (χ1v) is 6.74. The lowest BCUT2D eigenvalue weighted by atomic mass is 10.2. The van der Waals surface area contributed by atoms with E-state index in [0.29, 0.717) is 0 Å². The molecule has 8 nitrogen and oxygen atoms in total. The number of nitro benzene ring substituents is 1. The molecular weight excluding hydrogens is 320 g/mol. The van der Waals surface area contributed by atoms with E-state index < -0.39 is 4.92 Å². The number of para-hydroxylation sites is 3. The van der Waals surface area contributed by atoms with Crippen molar-refractivity contribution in [3.8, 4) is 11.5 Å². The molecule has 23 heavy (non-hydrogen) atoms. The number of aromatic hydroxyl groups is 2. The lowest BCUT2D eigenvalue weighted by molar-refractivity contribution is -0.383. The largest absolute Gasteiger partial charge is 0.504 e. The van der Waals surface area contributed by atoms with E-state index in [9.17, 15) is 20.3 Å². The molecule has 0 unspecified atom stereocenters. The third-order valence-electron chi connectivity index (χ3n) is 2.76. The first kappa shape index (κ1) is 16.2. The topological polar surface area (TPSA) is 120 Å². The van der Waals surface area contributed by atoms with E-state index in [1.807, 2.05) is 0 Å². The third kappa shape index (κ3) is 4.14. The van der Waals surface area contributed by atoms with Gasteiger partial charge in [-0.05, 0) is 30.4 Å². The molecular formula is C14H12N4O4S. The predicted octanol–water partition coefficient (Wildman–Crippen LogP) is 2.33. The van der Waals surface area contributed by atoms with Gasteiger partial charge in [0.05, 0.1) is 11.1 Å². The summed E-state index contributed by atoms with van der Waals surface area (Å²) in [6, 6.07) is 10.4. The highest BCUT2D eigenvalue weighted by molar-refractivity contribution is 7.80. The molecule has 0 aliphatic heterocycles. The number of hydrogen-bond acceptors (Lipinski definition) is 6. The maximum atomic E-state index is 10.9. The molecule has 0 aromatic heterocycles. The van der Waals surface area contributed by atoms with E-state index in [-0.39, 0.29) is 33.5 Å². The number of nitrogens with one attached hydrogen (secondary N) is 2.